The first-order chi connectivity index (χ1) is 25.1. The minimum atomic E-state index is -0.660. The van der Waals surface area contributed by atoms with Crippen molar-refractivity contribution in [2.24, 2.45) is 0 Å². The first-order valence-corrected chi connectivity index (χ1v) is 16.7. The minimum absolute atomic E-state index is 0.0172. The molecule has 5 aromatic rings. The zero-order valence-corrected chi connectivity index (χ0v) is 28.4. The molecule has 0 spiro atoms. The molecule has 13 nitrogen and oxygen atoms in total. The van der Waals surface area contributed by atoms with E-state index in [0.717, 1.165) is 11.1 Å². The van der Waals surface area contributed by atoms with Crippen LogP contribution in [0.5, 0.6) is 11.5 Å². The van der Waals surface area contributed by atoms with Crippen molar-refractivity contribution < 1.29 is 37.5 Å². The second-order valence-electron chi connectivity index (χ2n) is 12.8. The molecule has 14 heteroatoms. The lowest BCUT2D eigenvalue weighted by Gasteiger charge is -2.38. The molecule has 52 heavy (non-hydrogen) atoms. The van der Waals surface area contributed by atoms with Crippen LogP contribution < -0.4 is 15.4 Å². The largest absolute Gasteiger partial charge is 0.457 e. The number of likely N-dealkylation sites (tertiary alicyclic amines) is 1. The van der Waals surface area contributed by atoms with Gasteiger partial charge >= 0.3 is 0 Å². The highest BCUT2D eigenvalue weighted by Crippen LogP contribution is 2.29. The van der Waals surface area contributed by atoms with Crippen molar-refractivity contribution in [3.63, 3.8) is 0 Å². The summed E-state index contributed by atoms with van der Waals surface area (Å²) in [5.41, 5.74) is 2.47. The SMILES string of the molecule is Cc1cnc(CNC(=O)c2cc3cc(c2)C(=O)N(C)CC(=O)N[C@@H]2CN(C(=O)c4cc5ccccc5o4)CC[C@@H]2OCc2cc(F)cc(c2)O3)cn1. The molecule has 0 saturated carbocycles. The van der Waals surface area contributed by atoms with E-state index in [2.05, 4.69) is 20.6 Å². The van der Waals surface area contributed by atoms with Crippen LogP contribution in [0.3, 0.4) is 0 Å². The molecule has 2 aliphatic heterocycles. The Balaban J connectivity index is 1.15. The Kier molecular flexibility index (Phi) is 9.63. The van der Waals surface area contributed by atoms with Gasteiger partial charge in [0.25, 0.3) is 17.7 Å². The van der Waals surface area contributed by atoms with Crippen LogP contribution >= 0.6 is 0 Å². The number of piperidine rings is 1. The standard InChI is InChI=1S/C38H35FN6O7/c1-22-16-41-28(17-40-22)18-42-36(47)25-11-26-13-30(12-25)51-29-10-23(9-27(39)15-29)21-50-33-7-8-45(19-31(33)43-35(46)20-44(2)37(26)48)38(49)34-14-24-5-3-4-6-32(24)52-34/h3-6,9-17,31,33H,7-8,18-21H2,1-2H3,(H,42,47)(H,43,46)/t31-,33+/m1/s1. The van der Waals surface area contributed by atoms with Gasteiger partial charge in [-0.2, -0.15) is 0 Å². The van der Waals surface area contributed by atoms with E-state index in [0.29, 0.717) is 29.8 Å². The Labute approximate surface area is 297 Å². The molecule has 0 aliphatic carbocycles. The number of fused-ring (bicyclic) bond motifs is 6. The van der Waals surface area contributed by atoms with Crippen molar-refractivity contribution in [2.75, 3.05) is 26.7 Å². The molecule has 1 fully saturated rings. The number of halogens is 1. The first-order valence-electron chi connectivity index (χ1n) is 16.7. The number of furan rings is 1. The molecule has 266 valence electrons. The van der Waals surface area contributed by atoms with Gasteiger partial charge < -0.3 is 34.3 Å². The molecule has 1 saturated heterocycles. The Morgan fingerprint density at radius 3 is 2.65 bits per heavy atom. The molecular weight excluding hydrogens is 671 g/mol. The van der Waals surface area contributed by atoms with Crippen molar-refractivity contribution in [1.82, 2.24) is 30.4 Å². The van der Waals surface area contributed by atoms with Crippen LogP contribution in [0.2, 0.25) is 0 Å². The number of nitrogens with one attached hydrogen (secondary N) is 2. The molecular formula is C38H35FN6O7. The number of likely N-dealkylation sites (N-methyl/N-ethyl adjacent to an activating group) is 1. The van der Waals surface area contributed by atoms with Crippen molar-refractivity contribution in [1.29, 1.82) is 0 Å². The van der Waals surface area contributed by atoms with Gasteiger partial charge in [-0.25, -0.2) is 4.39 Å². The van der Waals surface area contributed by atoms with Gasteiger partial charge in [0.15, 0.2) is 5.76 Å². The summed E-state index contributed by atoms with van der Waals surface area (Å²) >= 11 is 0. The van der Waals surface area contributed by atoms with Crippen LogP contribution in [0, 0.1) is 12.7 Å². The van der Waals surface area contributed by atoms with Gasteiger partial charge in [-0.1, -0.05) is 18.2 Å². The third kappa shape index (κ3) is 7.76. The average Bonchev–Trinajstić information content (AvgIpc) is 3.57. The van der Waals surface area contributed by atoms with Gasteiger partial charge in [-0.15, -0.1) is 0 Å². The van der Waals surface area contributed by atoms with Crippen LogP contribution in [0.1, 0.15) is 54.6 Å². The normalized spacial score (nSPS) is 18.0. The van der Waals surface area contributed by atoms with Crippen LogP contribution in [-0.2, 0) is 22.7 Å². The molecule has 0 radical (unpaired) electrons. The van der Waals surface area contributed by atoms with E-state index < -0.39 is 35.7 Å². The van der Waals surface area contributed by atoms with Gasteiger partial charge in [-0.05, 0) is 61.4 Å². The summed E-state index contributed by atoms with van der Waals surface area (Å²) in [6.45, 7) is 1.97. The molecule has 4 bridgehead atoms. The maximum atomic E-state index is 14.9. The van der Waals surface area contributed by atoms with Gasteiger partial charge in [-0.3, -0.25) is 29.1 Å². The monoisotopic (exact) mass is 706 g/mol. The lowest BCUT2D eigenvalue weighted by molar-refractivity contribution is -0.124. The van der Waals surface area contributed by atoms with Gasteiger partial charge in [0.1, 0.15) is 22.9 Å². The Hall–Kier alpha value is -6.15. The Bertz CT molecular complexity index is 2140. The van der Waals surface area contributed by atoms with Crippen LogP contribution in [-0.4, -0.2) is 82.2 Å². The topological polar surface area (TPSA) is 156 Å². The average molecular weight is 707 g/mol. The van der Waals surface area contributed by atoms with Crippen molar-refractivity contribution >= 4 is 34.6 Å². The van der Waals surface area contributed by atoms with E-state index >= 15 is 0 Å². The number of hydrogen-bond donors (Lipinski definition) is 2. The van der Waals surface area contributed by atoms with Crippen molar-refractivity contribution in [3.05, 3.63) is 119 Å². The molecule has 3 aromatic carbocycles. The van der Waals surface area contributed by atoms with Crippen LogP contribution in [0.4, 0.5) is 4.39 Å². The summed E-state index contributed by atoms with van der Waals surface area (Å²) in [5, 5.41) is 6.51. The molecule has 2 N–H and O–H groups in total. The predicted molar refractivity (Wildman–Crippen MR) is 185 cm³/mol. The Morgan fingerprint density at radius 2 is 1.85 bits per heavy atom. The highest BCUT2D eigenvalue weighted by atomic mass is 19.1. The first kappa shape index (κ1) is 34.3. The lowest BCUT2D eigenvalue weighted by Crippen LogP contribution is -2.58. The number of rotatable bonds is 4. The maximum absolute atomic E-state index is 14.9. The Morgan fingerprint density at radius 1 is 1.02 bits per heavy atom. The van der Waals surface area contributed by atoms with Crippen LogP contribution in [0.15, 0.2) is 83.5 Å². The van der Waals surface area contributed by atoms with Crippen molar-refractivity contribution in [2.45, 2.75) is 38.6 Å². The van der Waals surface area contributed by atoms with Crippen molar-refractivity contribution in [3.8, 4) is 11.5 Å². The summed E-state index contributed by atoms with van der Waals surface area (Å²) in [4.78, 5) is 65.2. The van der Waals surface area contributed by atoms with E-state index in [1.54, 1.807) is 42.4 Å². The summed E-state index contributed by atoms with van der Waals surface area (Å²) in [6.07, 6.45) is 2.97. The van der Waals surface area contributed by atoms with Gasteiger partial charge in [0.05, 0.1) is 49.4 Å². The molecule has 7 rings (SSSR count). The van der Waals surface area contributed by atoms with Crippen LogP contribution in [0.25, 0.3) is 11.0 Å². The number of hydrogen-bond acceptors (Lipinski definition) is 9. The number of para-hydroxylation sites is 1. The highest BCUT2D eigenvalue weighted by molar-refractivity contribution is 6.01. The minimum Gasteiger partial charge on any atom is -0.457 e. The summed E-state index contributed by atoms with van der Waals surface area (Å²) in [5.74, 6) is -2.08. The van der Waals surface area contributed by atoms with E-state index in [9.17, 15) is 23.6 Å². The smallest absolute Gasteiger partial charge is 0.289 e. The number of carbonyl (C=O) groups is 4. The third-order valence-electron chi connectivity index (χ3n) is 8.86. The molecule has 4 amide bonds. The predicted octanol–water partition coefficient (Wildman–Crippen LogP) is 4.39. The number of amides is 4. The fraction of sp³-hybridized carbons (Fsp3) is 0.263. The molecule has 2 aromatic heterocycles. The zero-order valence-electron chi connectivity index (χ0n) is 28.4. The quantitative estimate of drug-likeness (QED) is 0.277. The summed E-state index contributed by atoms with van der Waals surface area (Å²) in [7, 11) is 1.46. The fourth-order valence-electron chi connectivity index (χ4n) is 6.25. The van der Waals surface area contributed by atoms with E-state index in [4.69, 9.17) is 13.9 Å². The fourth-order valence-corrected chi connectivity index (χ4v) is 6.25. The summed E-state index contributed by atoms with van der Waals surface area (Å²) < 4.78 is 33.0. The number of benzene rings is 3. The second-order valence-corrected chi connectivity index (χ2v) is 12.8. The molecule has 4 heterocycles. The molecule has 0 unspecified atom stereocenters. The number of carbonyl (C=O) groups excluding carboxylic acids is 4. The summed E-state index contributed by atoms with van der Waals surface area (Å²) in [6, 6.07) is 16.7. The second kappa shape index (κ2) is 14.6. The third-order valence-corrected chi connectivity index (χ3v) is 8.86. The maximum Gasteiger partial charge on any atom is 0.289 e. The van der Waals surface area contributed by atoms with Gasteiger partial charge in [0, 0.05) is 48.9 Å². The van der Waals surface area contributed by atoms with E-state index in [-0.39, 0.29) is 60.5 Å². The lowest BCUT2D eigenvalue weighted by atomic mass is 10.0. The van der Waals surface area contributed by atoms with E-state index in [1.165, 1.54) is 42.3 Å². The number of ether oxygens (including phenoxy) is 2. The van der Waals surface area contributed by atoms with E-state index in [1.807, 2.05) is 18.2 Å². The highest BCUT2D eigenvalue weighted by Gasteiger charge is 2.35. The molecule has 2 aliphatic rings. The number of aromatic nitrogens is 2. The number of aryl methyl sites for hydroxylation is 1. The number of nitrogens with zero attached hydrogens (tertiary/aromatic N) is 4. The zero-order chi connectivity index (χ0) is 36.4. The van der Waals surface area contributed by atoms with Gasteiger partial charge in [0.2, 0.25) is 5.91 Å². The molecule has 2 atom stereocenters.